The van der Waals surface area contributed by atoms with Gasteiger partial charge in [-0.05, 0) is 37.1 Å². The number of anilines is 1. The van der Waals surface area contributed by atoms with Crippen molar-refractivity contribution in [2.24, 2.45) is 0 Å². The molecular formula is C19H17ClN2O2S. The molecule has 0 aliphatic carbocycles. The second-order valence-electron chi connectivity index (χ2n) is 5.99. The summed E-state index contributed by atoms with van der Waals surface area (Å²) < 4.78 is 6.80. The number of fused-ring (bicyclic) bond motifs is 1. The number of rotatable bonds is 4. The maximum atomic E-state index is 13.2. The van der Waals surface area contributed by atoms with E-state index < -0.39 is 0 Å². The Labute approximate surface area is 155 Å². The van der Waals surface area contributed by atoms with E-state index in [9.17, 15) is 4.79 Å². The second-order valence-corrected chi connectivity index (χ2v) is 7.41. The highest BCUT2D eigenvalue weighted by atomic mass is 35.5. The normalized spacial score (nSPS) is 17.1. The van der Waals surface area contributed by atoms with Crippen LogP contribution in [0, 0.1) is 0 Å². The molecule has 4 rings (SSSR count). The average molecular weight is 373 g/mol. The minimum Gasteiger partial charge on any atom is -0.376 e. The van der Waals surface area contributed by atoms with Gasteiger partial charge in [0.05, 0.1) is 33.5 Å². The molecular weight excluding hydrogens is 356 g/mol. The van der Waals surface area contributed by atoms with Crippen molar-refractivity contribution in [3.05, 3.63) is 59.1 Å². The van der Waals surface area contributed by atoms with Gasteiger partial charge in [-0.25, -0.2) is 4.98 Å². The molecule has 0 spiro atoms. The van der Waals surface area contributed by atoms with Gasteiger partial charge >= 0.3 is 0 Å². The lowest BCUT2D eigenvalue weighted by Crippen LogP contribution is -2.37. The highest BCUT2D eigenvalue weighted by molar-refractivity contribution is 7.22. The highest BCUT2D eigenvalue weighted by Crippen LogP contribution is 2.31. The molecule has 1 atom stereocenters. The van der Waals surface area contributed by atoms with Crippen LogP contribution in [-0.4, -0.2) is 30.1 Å². The molecule has 1 saturated heterocycles. The fourth-order valence-electron chi connectivity index (χ4n) is 3.00. The molecule has 3 aromatic rings. The molecule has 0 N–H and O–H groups in total. The van der Waals surface area contributed by atoms with Crippen LogP contribution in [0.1, 0.15) is 23.2 Å². The molecule has 1 aliphatic rings. The number of hydrogen-bond donors (Lipinski definition) is 0. The van der Waals surface area contributed by atoms with E-state index in [1.165, 1.54) is 11.3 Å². The van der Waals surface area contributed by atoms with Gasteiger partial charge in [-0.3, -0.25) is 9.69 Å². The Hall–Kier alpha value is -1.95. The van der Waals surface area contributed by atoms with Crippen LogP contribution >= 0.6 is 22.9 Å². The van der Waals surface area contributed by atoms with Crippen LogP contribution in [0.25, 0.3) is 10.2 Å². The number of benzene rings is 2. The van der Waals surface area contributed by atoms with E-state index in [0.717, 1.165) is 29.7 Å². The summed E-state index contributed by atoms with van der Waals surface area (Å²) in [4.78, 5) is 19.5. The van der Waals surface area contributed by atoms with Crippen molar-refractivity contribution in [3.63, 3.8) is 0 Å². The zero-order valence-electron chi connectivity index (χ0n) is 13.5. The molecule has 4 nitrogen and oxygen atoms in total. The van der Waals surface area contributed by atoms with Gasteiger partial charge in [-0.2, -0.15) is 0 Å². The third-order valence-electron chi connectivity index (χ3n) is 4.27. The third-order valence-corrected chi connectivity index (χ3v) is 5.66. The first-order chi connectivity index (χ1) is 12.2. The van der Waals surface area contributed by atoms with Crippen molar-refractivity contribution in [1.29, 1.82) is 0 Å². The largest absolute Gasteiger partial charge is 0.376 e. The monoisotopic (exact) mass is 372 g/mol. The van der Waals surface area contributed by atoms with Crippen LogP contribution in [0.4, 0.5) is 5.13 Å². The quantitative estimate of drug-likeness (QED) is 0.662. The molecule has 2 aromatic carbocycles. The van der Waals surface area contributed by atoms with E-state index in [0.29, 0.717) is 22.3 Å². The van der Waals surface area contributed by atoms with Crippen LogP contribution in [0.3, 0.4) is 0 Å². The number of amides is 1. The van der Waals surface area contributed by atoms with Gasteiger partial charge < -0.3 is 4.74 Å². The van der Waals surface area contributed by atoms with E-state index in [4.69, 9.17) is 16.3 Å². The average Bonchev–Trinajstić information content (AvgIpc) is 3.28. The van der Waals surface area contributed by atoms with E-state index >= 15 is 0 Å². The number of thiazole rings is 1. The van der Waals surface area contributed by atoms with Gasteiger partial charge in [0.15, 0.2) is 5.13 Å². The van der Waals surface area contributed by atoms with Crippen molar-refractivity contribution in [1.82, 2.24) is 4.98 Å². The topological polar surface area (TPSA) is 42.4 Å². The van der Waals surface area contributed by atoms with E-state index in [-0.39, 0.29) is 12.0 Å². The fraction of sp³-hybridized carbons (Fsp3) is 0.263. The number of carbonyl (C=O) groups is 1. The Bertz CT molecular complexity index is 872. The van der Waals surface area contributed by atoms with Crippen LogP contribution in [0.2, 0.25) is 5.02 Å². The van der Waals surface area contributed by atoms with E-state index in [1.807, 2.05) is 36.4 Å². The molecule has 0 saturated carbocycles. The lowest BCUT2D eigenvalue weighted by molar-refractivity contribution is 0.0917. The van der Waals surface area contributed by atoms with Crippen LogP contribution < -0.4 is 4.90 Å². The SMILES string of the molecule is O=C(c1ccccc1Cl)N(C[C@@H]1CCCO1)c1nc2ccccc2s1. The first kappa shape index (κ1) is 16.5. The molecule has 128 valence electrons. The molecule has 0 radical (unpaired) electrons. The van der Waals surface area contributed by atoms with Gasteiger partial charge in [-0.1, -0.05) is 47.2 Å². The Morgan fingerprint density at radius 3 is 2.80 bits per heavy atom. The van der Waals surface area contributed by atoms with Gasteiger partial charge in [0.1, 0.15) is 0 Å². The summed E-state index contributed by atoms with van der Waals surface area (Å²) in [6.07, 6.45) is 2.02. The first-order valence-corrected chi connectivity index (χ1v) is 9.45. The van der Waals surface area contributed by atoms with Crippen LogP contribution in [-0.2, 0) is 4.74 Å². The van der Waals surface area contributed by atoms with Crippen molar-refractivity contribution in [2.75, 3.05) is 18.1 Å². The van der Waals surface area contributed by atoms with Crippen LogP contribution in [0.15, 0.2) is 48.5 Å². The third kappa shape index (κ3) is 3.40. The number of hydrogen-bond acceptors (Lipinski definition) is 4. The number of ether oxygens (including phenoxy) is 1. The Kier molecular flexibility index (Phi) is 4.70. The molecule has 1 aromatic heterocycles. The summed E-state index contributed by atoms with van der Waals surface area (Å²) in [5.41, 5.74) is 1.38. The molecule has 1 fully saturated rings. The Morgan fingerprint density at radius 1 is 1.24 bits per heavy atom. The maximum Gasteiger partial charge on any atom is 0.261 e. The molecule has 1 aliphatic heterocycles. The predicted molar refractivity (Wildman–Crippen MR) is 102 cm³/mol. The summed E-state index contributed by atoms with van der Waals surface area (Å²) in [6, 6.07) is 15.0. The zero-order chi connectivity index (χ0) is 17.2. The minimum atomic E-state index is -0.139. The zero-order valence-corrected chi connectivity index (χ0v) is 15.1. The van der Waals surface area contributed by atoms with Gasteiger partial charge in [0.25, 0.3) is 5.91 Å². The summed E-state index contributed by atoms with van der Waals surface area (Å²) >= 11 is 7.76. The number of nitrogens with zero attached hydrogens (tertiary/aromatic N) is 2. The highest BCUT2D eigenvalue weighted by Gasteiger charge is 2.27. The smallest absolute Gasteiger partial charge is 0.261 e. The second kappa shape index (κ2) is 7.12. The van der Waals surface area contributed by atoms with E-state index in [1.54, 1.807) is 17.0 Å². The standard InChI is InChI=1S/C19H17ClN2O2S/c20-15-8-2-1-7-14(15)18(23)22(12-13-6-5-11-24-13)19-21-16-9-3-4-10-17(16)25-19/h1-4,7-10,13H,5-6,11-12H2/t13-/m0/s1. The number of carbonyl (C=O) groups excluding carboxylic acids is 1. The summed E-state index contributed by atoms with van der Waals surface area (Å²) in [5, 5.41) is 1.13. The van der Waals surface area contributed by atoms with Gasteiger partial charge in [0, 0.05) is 6.61 Å². The summed E-state index contributed by atoms with van der Waals surface area (Å²) in [6.45, 7) is 1.24. The molecule has 1 amide bonds. The Balaban J connectivity index is 1.72. The number of para-hydroxylation sites is 1. The van der Waals surface area contributed by atoms with Crippen molar-refractivity contribution >= 4 is 44.2 Å². The summed E-state index contributed by atoms with van der Waals surface area (Å²) in [7, 11) is 0. The molecule has 6 heteroatoms. The van der Waals surface area contributed by atoms with Crippen molar-refractivity contribution in [3.8, 4) is 0 Å². The number of aromatic nitrogens is 1. The van der Waals surface area contributed by atoms with E-state index in [2.05, 4.69) is 4.98 Å². The molecule has 0 unspecified atom stereocenters. The molecule has 25 heavy (non-hydrogen) atoms. The fourth-order valence-corrected chi connectivity index (χ4v) is 4.19. The predicted octanol–water partition coefficient (Wildman–Crippen LogP) is 4.78. The summed E-state index contributed by atoms with van der Waals surface area (Å²) in [5.74, 6) is -0.139. The molecule has 0 bridgehead atoms. The lowest BCUT2D eigenvalue weighted by Gasteiger charge is -2.23. The molecule has 2 heterocycles. The number of halogens is 1. The maximum absolute atomic E-state index is 13.2. The minimum absolute atomic E-state index is 0.0402. The first-order valence-electron chi connectivity index (χ1n) is 8.26. The van der Waals surface area contributed by atoms with Gasteiger partial charge in [0.2, 0.25) is 0 Å². The van der Waals surface area contributed by atoms with Crippen molar-refractivity contribution in [2.45, 2.75) is 18.9 Å². The van der Waals surface area contributed by atoms with Crippen LogP contribution in [0.5, 0.6) is 0 Å². The van der Waals surface area contributed by atoms with Gasteiger partial charge in [-0.15, -0.1) is 0 Å². The van der Waals surface area contributed by atoms with Crippen molar-refractivity contribution < 1.29 is 9.53 Å². The Morgan fingerprint density at radius 2 is 2.04 bits per heavy atom. The lowest BCUT2D eigenvalue weighted by atomic mass is 10.1.